The van der Waals surface area contributed by atoms with Crippen molar-refractivity contribution < 1.29 is 4.79 Å². The number of imidazole rings is 1. The molecular formula is C13H14ClN3O. The number of carbonyl (C=O) groups excluding carboxylic acids is 1. The standard InChI is InChI=1S/C13H14ClN3O/c1-2-10-3-5-11(6-4-10)16-12(18)9-17-8-7-15-13(17)14/h3-8H,2,9H2,1H3,(H,16,18). The Hall–Kier alpha value is -1.81. The summed E-state index contributed by atoms with van der Waals surface area (Å²) in [4.78, 5) is 15.6. The Balaban J connectivity index is 1.96. The summed E-state index contributed by atoms with van der Waals surface area (Å²) in [7, 11) is 0. The number of nitrogens with zero attached hydrogens (tertiary/aromatic N) is 2. The van der Waals surface area contributed by atoms with Crippen molar-refractivity contribution in [3.05, 3.63) is 47.5 Å². The number of benzene rings is 1. The van der Waals surface area contributed by atoms with E-state index in [2.05, 4.69) is 17.2 Å². The minimum absolute atomic E-state index is 0.126. The largest absolute Gasteiger partial charge is 0.325 e. The Morgan fingerprint density at radius 3 is 2.67 bits per heavy atom. The molecule has 0 spiro atoms. The number of nitrogens with one attached hydrogen (secondary N) is 1. The lowest BCUT2D eigenvalue weighted by Gasteiger charge is -2.07. The number of amides is 1. The molecule has 0 aliphatic heterocycles. The van der Waals surface area contributed by atoms with Crippen LogP contribution >= 0.6 is 11.6 Å². The highest BCUT2D eigenvalue weighted by Gasteiger charge is 2.06. The molecule has 1 amide bonds. The highest BCUT2D eigenvalue weighted by atomic mass is 35.5. The lowest BCUT2D eigenvalue weighted by Crippen LogP contribution is -2.18. The van der Waals surface area contributed by atoms with Gasteiger partial charge in [0.15, 0.2) is 0 Å². The minimum Gasteiger partial charge on any atom is -0.325 e. The first-order valence-electron chi connectivity index (χ1n) is 5.74. The smallest absolute Gasteiger partial charge is 0.244 e. The number of carbonyl (C=O) groups is 1. The summed E-state index contributed by atoms with van der Waals surface area (Å²) in [5.74, 6) is -0.126. The second-order valence-corrected chi connectivity index (χ2v) is 4.26. The van der Waals surface area contributed by atoms with Crippen LogP contribution in [0.2, 0.25) is 5.28 Å². The van der Waals surface area contributed by atoms with Gasteiger partial charge in [0.05, 0.1) is 0 Å². The number of aromatic nitrogens is 2. The average Bonchev–Trinajstić information content (AvgIpc) is 2.76. The second-order valence-electron chi connectivity index (χ2n) is 3.92. The third-order valence-corrected chi connectivity index (χ3v) is 2.94. The van der Waals surface area contributed by atoms with Crippen LogP contribution in [-0.4, -0.2) is 15.5 Å². The molecular weight excluding hydrogens is 250 g/mol. The maximum atomic E-state index is 11.8. The molecule has 1 N–H and O–H groups in total. The van der Waals surface area contributed by atoms with Crippen molar-refractivity contribution in [1.29, 1.82) is 0 Å². The monoisotopic (exact) mass is 263 g/mol. The van der Waals surface area contributed by atoms with Gasteiger partial charge in [-0.25, -0.2) is 4.98 Å². The molecule has 0 fully saturated rings. The minimum atomic E-state index is -0.126. The first-order chi connectivity index (χ1) is 8.69. The fraction of sp³-hybridized carbons (Fsp3) is 0.231. The van der Waals surface area contributed by atoms with Gasteiger partial charge in [-0.3, -0.25) is 4.79 Å². The normalized spacial score (nSPS) is 10.3. The van der Waals surface area contributed by atoms with E-state index in [0.29, 0.717) is 5.28 Å². The molecule has 1 aromatic heterocycles. The van der Waals surface area contributed by atoms with Crippen LogP contribution in [0.5, 0.6) is 0 Å². The average molecular weight is 264 g/mol. The van der Waals surface area contributed by atoms with Crippen LogP contribution in [-0.2, 0) is 17.8 Å². The van der Waals surface area contributed by atoms with Gasteiger partial charge in [-0.2, -0.15) is 0 Å². The fourth-order valence-corrected chi connectivity index (χ4v) is 1.78. The van der Waals surface area contributed by atoms with Gasteiger partial charge in [-0.05, 0) is 35.7 Å². The third-order valence-electron chi connectivity index (χ3n) is 2.62. The molecule has 0 atom stereocenters. The van der Waals surface area contributed by atoms with Gasteiger partial charge >= 0.3 is 0 Å². The summed E-state index contributed by atoms with van der Waals surface area (Å²) in [5, 5.41) is 3.12. The summed E-state index contributed by atoms with van der Waals surface area (Å²) in [6.07, 6.45) is 4.21. The lowest BCUT2D eigenvalue weighted by molar-refractivity contribution is -0.116. The number of aryl methyl sites for hydroxylation is 1. The zero-order chi connectivity index (χ0) is 13.0. The first-order valence-corrected chi connectivity index (χ1v) is 6.12. The number of hydrogen-bond donors (Lipinski definition) is 1. The van der Waals surface area contributed by atoms with E-state index in [4.69, 9.17) is 11.6 Å². The van der Waals surface area contributed by atoms with Gasteiger partial charge in [0, 0.05) is 18.1 Å². The van der Waals surface area contributed by atoms with Crippen molar-refractivity contribution in [2.45, 2.75) is 19.9 Å². The molecule has 0 unspecified atom stereocenters. The van der Waals surface area contributed by atoms with E-state index in [0.717, 1.165) is 12.1 Å². The predicted octanol–water partition coefficient (Wildman–Crippen LogP) is 2.74. The molecule has 2 rings (SSSR count). The Morgan fingerprint density at radius 2 is 2.11 bits per heavy atom. The Kier molecular flexibility index (Phi) is 3.99. The summed E-state index contributed by atoms with van der Waals surface area (Å²) in [6.45, 7) is 2.25. The molecule has 1 aromatic carbocycles. The summed E-state index contributed by atoms with van der Waals surface area (Å²) in [6, 6.07) is 7.79. The van der Waals surface area contributed by atoms with E-state index < -0.39 is 0 Å². The molecule has 0 saturated carbocycles. The number of anilines is 1. The van der Waals surface area contributed by atoms with Crippen molar-refractivity contribution in [3.63, 3.8) is 0 Å². The number of hydrogen-bond acceptors (Lipinski definition) is 2. The molecule has 2 aromatic rings. The molecule has 1 heterocycles. The second kappa shape index (κ2) is 5.69. The van der Waals surface area contributed by atoms with E-state index in [1.807, 2.05) is 24.3 Å². The van der Waals surface area contributed by atoms with E-state index in [-0.39, 0.29) is 12.5 Å². The Bertz CT molecular complexity index is 533. The summed E-state index contributed by atoms with van der Waals surface area (Å²) >= 11 is 5.80. The van der Waals surface area contributed by atoms with Crippen LogP contribution in [0.15, 0.2) is 36.7 Å². The van der Waals surface area contributed by atoms with Gasteiger partial charge in [-0.15, -0.1) is 0 Å². The zero-order valence-corrected chi connectivity index (χ0v) is 10.8. The SMILES string of the molecule is CCc1ccc(NC(=O)Cn2ccnc2Cl)cc1. The van der Waals surface area contributed by atoms with Crippen LogP contribution in [0, 0.1) is 0 Å². The van der Waals surface area contributed by atoms with Crippen molar-refractivity contribution in [1.82, 2.24) is 9.55 Å². The molecule has 0 aliphatic rings. The van der Waals surface area contributed by atoms with Gasteiger partial charge in [-0.1, -0.05) is 19.1 Å². The van der Waals surface area contributed by atoms with E-state index >= 15 is 0 Å². The number of rotatable bonds is 4. The molecule has 94 valence electrons. The van der Waals surface area contributed by atoms with Crippen LogP contribution in [0.25, 0.3) is 0 Å². The Morgan fingerprint density at radius 1 is 1.39 bits per heavy atom. The van der Waals surface area contributed by atoms with Crippen LogP contribution in [0.1, 0.15) is 12.5 Å². The van der Waals surface area contributed by atoms with Crippen molar-refractivity contribution in [3.8, 4) is 0 Å². The van der Waals surface area contributed by atoms with Crippen molar-refractivity contribution >= 4 is 23.2 Å². The van der Waals surface area contributed by atoms with Crippen LogP contribution < -0.4 is 5.32 Å². The molecule has 18 heavy (non-hydrogen) atoms. The zero-order valence-electron chi connectivity index (χ0n) is 10.1. The van der Waals surface area contributed by atoms with Gasteiger partial charge in [0.1, 0.15) is 6.54 Å². The third kappa shape index (κ3) is 3.11. The highest BCUT2D eigenvalue weighted by molar-refractivity contribution is 6.28. The van der Waals surface area contributed by atoms with Crippen molar-refractivity contribution in [2.24, 2.45) is 0 Å². The summed E-state index contributed by atoms with van der Waals surface area (Å²) < 4.78 is 1.58. The first kappa shape index (κ1) is 12.6. The topological polar surface area (TPSA) is 46.9 Å². The van der Waals surface area contributed by atoms with Gasteiger partial charge in [0.2, 0.25) is 11.2 Å². The molecule has 5 heteroatoms. The fourth-order valence-electron chi connectivity index (χ4n) is 1.61. The highest BCUT2D eigenvalue weighted by Crippen LogP contribution is 2.11. The maximum absolute atomic E-state index is 11.8. The van der Waals surface area contributed by atoms with E-state index in [1.54, 1.807) is 17.0 Å². The molecule has 0 aliphatic carbocycles. The maximum Gasteiger partial charge on any atom is 0.244 e. The predicted molar refractivity (Wildman–Crippen MR) is 71.7 cm³/mol. The number of halogens is 1. The molecule has 4 nitrogen and oxygen atoms in total. The van der Waals surface area contributed by atoms with E-state index in [1.165, 1.54) is 5.56 Å². The molecule has 0 bridgehead atoms. The molecule has 0 radical (unpaired) electrons. The molecule has 0 saturated heterocycles. The van der Waals surface area contributed by atoms with Crippen molar-refractivity contribution in [2.75, 3.05) is 5.32 Å². The van der Waals surface area contributed by atoms with Crippen LogP contribution in [0.3, 0.4) is 0 Å². The van der Waals surface area contributed by atoms with Crippen LogP contribution in [0.4, 0.5) is 5.69 Å². The van der Waals surface area contributed by atoms with Gasteiger partial charge in [0.25, 0.3) is 0 Å². The Labute approximate surface area is 111 Å². The lowest BCUT2D eigenvalue weighted by atomic mass is 10.1. The van der Waals surface area contributed by atoms with Gasteiger partial charge < -0.3 is 9.88 Å². The quantitative estimate of drug-likeness (QED) is 0.922. The summed E-state index contributed by atoms with van der Waals surface area (Å²) in [5.41, 5.74) is 2.03. The van der Waals surface area contributed by atoms with E-state index in [9.17, 15) is 4.79 Å².